The second-order valence-electron chi connectivity index (χ2n) is 3.92. The molecule has 17 heavy (non-hydrogen) atoms. The van der Waals surface area contributed by atoms with Crippen LogP contribution < -0.4 is 5.73 Å². The standard InChI is InChI=1S/C14H11BrN2/c15-11-5-3-4-10-8-9-17(14(10)11)13-7-2-1-6-12(13)16/h1-9H,16H2. The van der Waals surface area contributed by atoms with E-state index in [-0.39, 0.29) is 0 Å². The number of benzene rings is 2. The number of anilines is 1. The van der Waals surface area contributed by atoms with E-state index in [4.69, 9.17) is 5.73 Å². The molecule has 2 nitrogen and oxygen atoms in total. The van der Waals surface area contributed by atoms with Crippen LogP contribution in [0.4, 0.5) is 5.69 Å². The number of nitrogens with zero attached hydrogens (tertiary/aromatic N) is 1. The van der Waals surface area contributed by atoms with Gasteiger partial charge in [-0.15, -0.1) is 0 Å². The van der Waals surface area contributed by atoms with Crippen molar-refractivity contribution in [3.8, 4) is 5.69 Å². The first-order chi connectivity index (χ1) is 8.27. The van der Waals surface area contributed by atoms with Gasteiger partial charge in [0, 0.05) is 16.1 Å². The summed E-state index contributed by atoms with van der Waals surface area (Å²) in [6, 6.07) is 16.1. The predicted octanol–water partition coefficient (Wildman–Crippen LogP) is 3.98. The first-order valence-electron chi connectivity index (χ1n) is 5.38. The molecule has 0 saturated carbocycles. The van der Waals surface area contributed by atoms with Crippen LogP contribution in [-0.4, -0.2) is 4.57 Å². The molecule has 0 aliphatic carbocycles. The molecule has 0 aliphatic heterocycles. The number of rotatable bonds is 1. The van der Waals surface area contributed by atoms with Gasteiger partial charge in [-0.25, -0.2) is 0 Å². The second kappa shape index (κ2) is 3.93. The van der Waals surface area contributed by atoms with Crippen molar-refractivity contribution in [2.45, 2.75) is 0 Å². The van der Waals surface area contributed by atoms with E-state index < -0.39 is 0 Å². The Balaban J connectivity index is 2.36. The molecule has 0 atom stereocenters. The number of hydrogen-bond donors (Lipinski definition) is 1. The van der Waals surface area contributed by atoms with E-state index in [0.29, 0.717) is 0 Å². The van der Waals surface area contributed by atoms with E-state index in [1.807, 2.05) is 42.6 Å². The van der Waals surface area contributed by atoms with Crippen LogP contribution in [0.2, 0.25) is 0 Å². The summed E-state index contributed by atoms with van der Waals surface area (Å²) in [5.74, 6) is 0. The Morgan fingerprint density at radius 2 is 1.76 bits per heavy atom. The number of nitrogens with two attached hydrogens (primary N) is 1. The predicted molar refractivity (Wildman–Crippen MR) is 75.4 cm³/mol. The van der Waals surface area contributed by atoms with Crippen LogP contribution in [0.1, 0.15) is 0 Å². The van der Waals surface area contributed by atoms with Crippen molar-refractivity contribution >= 4 is 32.5 Å². The van der Waals surface area contributed by atoms with Crippen molar-refractivity contribution in [2.24, 2.45) is 0 Å². The summed E-state index contributed by atoms with van der Waals surface area (Å²) in [6.07, 6.45) is 2.04. The van der Waals surface area contributed by atoms with Gasteiger partial charge in [-0.1, -0.05) is 24.3 Å². The molecule has 3 aromatic rings. The minimum atomic E-state index is 0.778. The maximum atomic E-state index is 6.02. The Morgan fingerprint density at radius 3 is 2.59 bits per heavy atom. The maximum Gasteiger partial charge on any atom is 0.0686 e. The molecule has 0 unspecified atom stereocenters. The van der Waals surface area contributed by atoms with Crippen LogP contribution in [0.15, 0.2) is 59.2 Å². The number of hydrogen-bond acceptors (Lipinski definition) is 1. The Labute approximate surface area is 108 Å². The average molecular weight is 287 g/mol. The monoisotopic (exact) mass is 286 g/mol. The molecule has 0 bridgehead atoms. The fraction of sp³-hybridized carbons (Fsp3) is 0. The number of halogens is 1. The second-order valence-corrected chi connectivity index (χ2v) is 4.78. The highest BCUT2D eigenvalue weighted by molar-refractivity contribution is 9.10. The Hall–Kier alpha value is -1.74. The molecule has 1 aromatic heterocycles. The van der Waals surface area contributed by atoms with Crippen molar-refractivity contribution < 1.29 is 0 Å². The lowest BCUT2D eigenvalue weighted by atomic mass is 10.2. The van der Waals surface area contributed by atoms with Gasteiger partial charge in [0.05, 0.1) is 16.9 Å². The topological polar surface area (TPSA) is 30.9 Å². The third-order valence-electron chi connectivity index (χ3n) is 2.86. The van der Waals surface area contributed by atoms with Crippen molar-refractivity contribution in [2.75, 3.05) is 5.73 Å². The zero-order valence-corrected chi connectivity index (χ0v) is 10.7. The van der Waals surface area contributed by atoms with Crippen LogP contribution in [0, 0.1) is 0 Å². The molecule has 2 aromatic carbocycles. The largest absolute Gasteiger partial charge is 0.397 e. The molecule has 0 saturated heterocycles. The SMILES string of the molecule is Nc1ccccc1-n1ccc2cccc(Br)c21. The Bertz CT molecular complexity index is 686. The van der Waals surface area contributed by atoms with E-state index in [0.717, 1.165) is 21.4 Å². The summed E-state index contributed by atoms with van der Waals surface area (Å²) >= 11 is 3.59. The summed E-state index contributed by atoms with van der Waals surface area (Å²) in [4.78, 5) is 0. The summed E-state index contributed by atoms with van der Waals surface area (Å²) in [6.45, 7) is 0. The first-order valence-corrected chi connectivity index (χ1v) is 6.17. The van der Waals surface area contributed by atoms with E-state index >= 15 is 0 Å². The highest BCUT2D eigenvalue weighted by atomic mass is 79.9. The van der Waals surface area contributed by atoms with Crippen molar-refractivity contribution in [1.29, 1.82) is 0 Å². The van der Waals surface area contributed by atoms with Crippen LogP contribution in [0.25, 0.3) is 16.6 Å². The molecule has 0 amide bonds. The van der Waals surface area contributed by atoms with Crippen molar-refractivity contribution in [1.82, 2.24) is 4.57 Å². The molecule has 1 heterocycles. The van der Waals surface area contributed by atoms with Gasteiger partial charge >= 0.3 is 0 Å². The zero-order valence-electron chi connectivity index (χ0n) is 9.10. The van der Waals surface area contributed by atoms with E-state index in [2.05, 4.69) is 32.6 Å². The summed E-state index contributed by atoms with van der Waals surface area (Å²) in [5.41, 5.74) is 8.95. The third kappa shape index (κ3) is 1.63. The lowest BCUT2D eigenvalue weighted by molar-refractivity contribution is 1.13. The number of nitrogen functional groups attached to an aromatic ring is 1. The quantitative estimate of drug-likeness (QED) is 0.674. The van der Waals surface area contributed by atoms with E-state index in [9.17, 15) is 0 Å². The first kappa shape index (κ1) is 10.4. The lowest BCUT2D eigenvalue weighted by Crippen LogP contribution is -1.98. The zero-order chi connectivity index (χ0) is 11.8. The van der Waals surface area contributed by atoms with Crippen molar-refractivity contribution in [3.05, 3.63) is 59.2 Å². The van der Waals surface area contributed by atoms with Gasteiger partial charge in [-0.2, -0.15) is 0 Å². The lowest BCUT2D eigenvalue weighted by Gasteiger charge is -2.09. The minimum Gasteiger partial charge on any atom is -0.397 e. The van der Waals surface area contributed by atoms with Crippen LogP contribution in [0.3, 0.4) is 0 Å². The molecule has 2 N–H and O–H groups in total. The number of fused-ring (bicyclic) bond motifs is 1. The highest BCUT2D eigenvalue weighted by Gasteiger charge is 2.07. The molecule has 84 valence electrons. The van der Waals surface area contributed by atoms with Crippen LogP contribution in [0.5, 0.6) is 0 Å². The van der Waals surface area contributed by atoms with Crippen molar-refractivity contribution in [3.63, 3.8) is 0 Å². The molecule has 0 fully saturated rings. The molecule has 3 heteroatoms. The van der Waals surface area contributed by atoms with Gasteiger partial charge in [0.1, 0.15) is 0 Å². The molecule has 0 spiro atoms. The smallest absolute Gasteiger partial charge is 0.0686 e. The maximum absolute atomic E-state index is 6.02. The summed E-state index contributed by atoms with van der Waals surface area (Å²) in [7, 11) is 0. The molecule has 0 radical (unpaired) electrons. The Morgan fingerprint density at radius 1 is 0.941 bits per heavy atom. The molecular formula is C14H11BrN2. The van der Waals surface area contributed by atoms with Crippen LogP contribution in [-0.2, 0) is 0 Å². The van der Waals surface area contributed by atoms with Gasteiger partial charge < -0.3 is 10.3 Å². The third-order valence-corrected chi connectivity index (χ3v) is 3.50. The van der Waals surface area contributed by atoms with Crippen LogP contribution >= 0.6 is 15.9 Å². The normalized spacial score (nSPS) is 10.9. The van der Waals surface area contributed by atoms with Gasteiger partial charge in [0.25, 0.3) is 0 Å². The fourth-order valence-electron chi connectivity index (χ4n) is 2.06. The Kier molecular flexibility index (Phi) is 2.41. The summed E-state index contributed by atoms with van der Waals surface area (Å²) < 4.78 is 3.18. The fourth-order valence-corrected chi connectivity index (χ4v) is 2.63. The van der Waals surface area contributed by atoms with Gasteiger partial charge in [0.2, 0.25) is 0 Å². The highest BCUT2D eigenvalue weighted by Crippen LogP contribution is 2.29. The van der Waals surface area contributed by atoms with Gasteiger partial charge in [-0.05, 0) is 40.2 Å². The molecule has 3 rings (SSSR count). The van der Waals surface area contributed by atoms with E-state index in [1.54, 1.807) is 0 Å². The number of aromatic nitrogens is 1. The van der Waals surface area contributed by atoms with Gasteiger partial charge in [-0.3, -0.25) is 0 Å². The molecule has 0 aliphatic rings. The van der Waals surface area contributed by atoms with E-state index in [1.165, 1.54) is 5.39 Å². The molecular weight excluding hydrogens is 276 g/mol. The minimum absolute atomic E-state index is 0.778. The summed E-state index contributed by atoms with van der Waals surface area (Å²) in [5, 5.41) is 1.20. The number of para-hydroxylation sites is 3. The average Bonchev–Trinajstić information content (AvgIpc) is 2.75. The van der Waals surface area contributed by atoms with Gasteiger partial charge in [0.15, 0.2) is 0 Å².